The van der Waals surface area contributed by atoms with Crippen molar-refractivity contribution < 1.29 is 19.4 Å². The number of carboxylic acids is 1. The summed E-state index contributed by atoms with van der Waals surface area (Å²) in [5, 5.41) is 35.8. The molecular weight excluding hydrogens is 632 g/mol. The van der Waals surface area contributed by atoms with Gasteiger partial charge >= 0.3 is 11.9 Å². The predicted octanol–water partition coefficient (Wildman–Crippen LogP) is 8.58. The highest BCUT2D eigenvalue weighted by Crippen LogP contribution is 2.34. The number of hydrogen-bond acceptors (Lipinski definition) is 9. The lowest BCUT2D eigenvalue weighted by Crippen LogP contribution is -2.28. The van der Waals surface area contributed by atoms with Crippen molar-refractivity contribution in [3.63, 3.8) is 0 Å². The summed E-state index contributed by atoms with van der Waals surface area (Å²) in [6.07, 6.45) is 19.2. The number of carboxylic acid groups (broad SMARTS) is 1. The van der Waals surface area contributed by atoms with E-state index in [0.717, 1.165) is 86.3 Å². The van der Waals surface area contributed by atoms with Crippen molar-refractivity contribution in [2.24, 2.45) is 11.8 Å². The largest absolute Gasteiger partial charge is 0.478 e. The van der Waals surface area contributed by atoms with Crippen molar-refractivity contribution >= 4 is 45.4 Å². The smallest absolute Gasteiger partial charge is 0.341 e. The fourth-order valence-corrected chi connectivity index (χ4v) is 7.23. The van der Waals surface area contributed by atoms with Crippen LogP contribution in [0.15, 0.2) is 36.9 Å². The van der Waals surface area contributed by atoms with Crippen LogP contribution in [0, 0.1) is 34.5 Å². The summed E-state index contributed by atoms with van der Waals surface area (Å²) in [5.74, 6) is -0.195. The number of aromatic carboxylic acids is 1. The molecule has 6 rings (SSSR count). The Morgan fingerprint density at radius 1 is 0.860 bits per heavy atom. The number of nitrogens with one attached hydrogen (secondary N) is 4. The second-order valence-corrected chi connectivity index (χ2v) is 13.2. The molecule has 5 N–H and O–H groups in total. The van der Waals surface area contributed by atoms with Crippen molar-refractivity contribution in [2.45, 2.75) is 110 Å². The Labute approximate surface area is 294 Å². The Morgan fingerprint density at radius 2 is 1.36 bits per heavy atom. The molecule has 266 valence electrons. The lowest BCUT2D eigenvalue weighted by atomic mass is 9.83. The first-order valence-corrected chi connectivity index (χ1v) is 17.5. The first-order chi connectivity index (χ1) is 23.9. The highest BCUT2D eigenvalue weighted by molar-refractivity contribution is 6.05. The summed E-state index contributed by atoms with van der Waals surface area (Å²) in [4.78, 5) is 38.6. The average molecular weight is 683 g/mol. The lowest BCUT2D eigenvalue weighted by molar-refractivity contribution is 0.0505. The summed E-state index contributed by atoms with van der Waals surface area (Å²) < 4.78 is 5.34. The zero-order chi connectivity index (χ0) is 34.6. The third kappa shape index (κ3) is 9.53. The highest BCUT2D eigenvalue weighted by Gasteiger charge is 2.26. The van der Waals surface area contributed by atoms with Crippen LogP contribution in [-0.2, 0) is 4.74 Å². The predicted molar refractivity (Wildman–Crippen MR) is 195 cm³/mol. The fraction of sp³-hybridized carbons (Fsp3) is 0.526. The van der Waals surface area contributed by atoms with Gasteiger partial charge in [0, 0.05) is 60.5 Å². The topological polar surface area (TPSA) is 193 Å². The van der Waals surface area contributed by atoms with Crippen molar-refractivity contribution in [1.82, 2.24) is 19.9 Å². The lowest BCUT2D eigenvalue weighted by Gasteiger charge is -2.30. The van der Waals surface area contributed by atoms with Gasteiger partial charge in [0.2, 0.25) is 0 Å². The van der Waals surface area contributed by atoms with Gasteiger partial charge in [0.25, 0.3) is 0 Å². The van der Waals surface area contributed by atoms with Crippen LogP contribution in [0.3, 0.4) is 0 Å². The van der Waals surface area contributed by atoms with Gasteiger partial charge in [0.05, 0.1) is 30.1 Å². The molecule has 4 atom stereocenters. The molecule has 12 nitrogen and oxygen atoms in total. The molecule has 0 aliphatic heterocycles. The molecule has 50 heavy (non-hydrogen) atoms. The van der Waals surface area contributed by atoms with E-state index in [1.165, 1.54) is 12.6 Å². The first kappa shape index (κ1) is 37.7. The van der Waals surface area contributed by atoms with E-state index in [1.54, 1.807) is 12.4 Å². The highest BCUT2D eigenvalue weighted by atomic mass is 16.5. The van der Waals surface area contributed by atoms with Crippen molar-refractivity contribution in [3.8, 4) is 12.1 Å². The van der Waals surface area contributed by atoms with Gasteiger partial charge in [-0.15, -0.1) is 0 Å². The zero-order valence-electron chi connectivity index (χ0n) is 28.1. The van der Waals surface area contributed by atoms with E-state index in [9.17, 15) is 14.7 Å². The minimum atomic E-state index is -0.972. The van der Waals surface area contributed by atoms with Crippen molar-refractivity contribution in [1.29, 1.82) is 10.5 Å². The molecule has 4 heterocycles. The Balaban J connectivity index is 0.000000222. The molecule has 0 amide bonds. The van der Waals surface area contributed by atoms with Gasteiger partial charge in [0.1, 0.15) is 22.4 Å². The third-order valence-electron chi connectivity index (χ3n) is 9.65. The van der Waals surface area contributed by atoms with E-state index in [1.807, 2.05) is 25.3 Å². The molecule has 4 aromatic heterocycles. The normalized spacial score (nSPS) is 20.0. The second-order valence-electron chi connectivity index (χ2n) is 13.2. The van der Waals surface area contributed by atoms with Crippen LogP contribution >= 0.6 is 0 Å². The minimum absolute atomic E-state index is 0. The third-order valence-corrected chi connectivity index (χ3v) is 9.65. The molecule has 2 fully saturated rings. The summed E-state index contributed by atoms with van der Waals surface area (Å²) in [5.41, 5.74) is 3.60. The van der Waals surface area contributed by atoms with Gasteiger partial charge in [-0.3, -0.25) is 0 Å². The summed E-state index contributed by atoms with van der Waals surface area (Å²) >= 11 is 0. The van der Waals surface area contributed by atoms with E-state index in [2.05, 4.69) is 42.7 Å². The van der Waals surface area contributed by atoms with Crippen molar-refractivity contribution in [2.75, 3.05) is 17.2 Å². The maximum Gasteiger partial charge on any atom is 0.341 e. The van der Waals surface area contributed by atoms with Crippen LogP contribution in [0.1, 0.15) is 119 Å². The van der Waals surface area contributed by atoms with Crippen LogP contribution < -0.4 is 10.6 Å². The molecule has 2 aliphatic rings. The van der Waals surface area contributed by atoms with Crippen LogP contribution in [-0.4, -0.2) is 55.7 Å². The summed E-state index contributed by atoms with van der Waals surface area (Å²) in [6, 6.07) is 8.80. The number of pyridine rings is 2. The Hall–Kier alpha value is -5.10. The Morgan fingerprint density at radius 3 is 1.84 bits per heavy atom. The number of ether oxygens (including phenoxy) is 1. The van der Waals surface area contributed by atoms with Gasteiger partial charge in [-0.2, -0.15) is 10.5 Å². The zero-order valence-corrected chi connectivity index (χ0v) is 28.1. The number of esters is 1. The van der Waals surface area contributed by atoms with Crippen LogP contribution in [0.25, 0.3) is 22.1 Å². The number of rotatable bonds is 12. The van der Waals surface area contributed by atoms with E-state index in [4.69, 9.17) is 15.3 Å². The van der Waals surface area contributed by atoms with Crippen LogP contribution in [0.4, 0.5) is 11.4 Å². The van der Waals surface area contributed by atoms with Crippen molar-refractivity contribution in [3.05, 3.63) is 48.0 Å². The molecule has 2 saturated carbocycles. The standard InChI is InChI=1S/C20H26N4O2.C17H20N4O2.CH4/c1-2-11-26-20(25)17-13-23-19-16(8-10-22-19)18(17)24-15-7-3-5-14(12-15)6-4-9-21;18-7-2-4-11-3-1-5-12(9-11)21-15-13-6-8-19-16(13)20-10-14(15)17(22)23;/h8,10,13-15H,2-7,11-12H2,1H3,(H2,22,23,24);6,8,10-12H,1-5,9H2,(H,22,23)(H2,19,20,21);1H4/t14-,15+;11-,12+;/m11./s1. The van der Waals surface area contributed by atoms with Gasteiger partial charge in [-0.25, -0.2) is 19.6 Å². The van der Waals surface area contributed by atoms with E-state index in [0.29, 0.717) is 54.2 Å². The van der Waals surface area contributed by atoms with E-state index < -0.39 is 5.97 Å². The molecule has 0 bridgehead atoms. The first-order valence-electron chi connectivity index (χ1n) is 17.5. The summed E-state index contributed by atoms with van der Waals surface area (Å²) in [7, 11) is 0. The Bertz CT molecular complexity index is 1800. The second kappa shape index (κ2) is 18.6. The number of carbonyl (C=O) groups excluding carboxylic acids is 1. The number of aromatic nitrogens is 4. The Kier molecular flexibility index (Phi) is 14.0. The molecule has 12 heteroatoms. The van der Waals surface area contributed by atoms with Gasteiger partial charge < -0.3 is 30.4 Å². The van der Waals surface area contributed by atoms with E-state index >= 15 is 0 Å². The average Bonchev–Trinajstić information content (AvgIpc) is 3.80. The molecule has 4 aromatic rings. The number of carbonyl (C=O) groups is 2. The maximum absolute atomic E-state index is 12.5. The molecular formula is C38H50N8O4. The van der Waals surface area contributed by atoms with E-state index in [-0.39, 0.29) is 25.0 Å². The number of nitrogens with zero attached hydrogens (tertiary/aromatic N) is 4. The SMILES string of the molecule is C.CCCOC(=O)c1cnc2[nH]ccc2c1N[C@H]1CCC[C@H](CCC#N)C1.N#CCC[C@H]1CCC[C@H](Nc2c(C(=O)O)cnc3[nH]ccc23)C1. The number of fused-ring (bicyclic) bond motifs is 2. The van der Waals surface area contributed by atoms with Gasteiger partial charge in [-0.1, -0.05) is 40.0 Å². The number of H-pyrrole nitrogens is 2. The molecule has 0 radical (unpaired) electrons. The molecule has 0 saturated heterocycles. The van der Waals surface area contributed by atoms with Crippen LogP contribution in [0.5, 0.6) is 0 Å². The summed E-state index contributed by atoms with van der Waals surface area (Å²) in [6.45, 7) is 2.38. The number of aromatic amines is 2. The molecule has 0 aromatic carbocycles. The monoisotopic (exact) mass is 682 g/mol. The fourth-order valence-electron chi connectivity index (χ4n) is 7.23. The quantitative estimate of drug-likeness (QED) is 0.0904. The molecule has 2 aliphatic carbocycles. The number of nitriles is 2. The van der Waals surface area contributed by atoms with Crippen LogP contribution in [0.2, 0.25) is 0 Å². The number of hydrogen-bond donors (Lipinski definition) is 5. The molecule has 0 spiro atoms. The minimum Gasteiger partial charge on any atom is -0.478 e. The van der Waals surface area contributed by atoms with Gasteiger partial charge in [0.15, 0.2) is 0 Å². The molecule has 0 unspecified atom stereocenters. The number of anilines is 2. The van der Waals surface area contributed by atoms with Gasteiger partial charge in [-0.05, 0) is 68.9 Å². The maximum atomic E-state index is 12.5.